The Morgan fingerprint density at radius 3 is 2.31 bits per heavy atom. The van der Waals surface area contributed by atoms with E-state index in [1.807, 2.05) is 18.3 Å². The molecule has 1 saturated carbocycles. The molecule has 1 aliphatic heterocycles. The maximum atomic E-state index is 12.7. The molecule has 2 aliphatic rings. The maximum Gasteiger partial charge on any atom is 0.573 e. The summed E-state index contributed by atoms with van der Waals surface area (Å²) < 4.78 is 53.5. The SMILES string of the molecule is COc1cc(-c2cc(CN(c3ccc(OC(F)(F)F)cc3)C3CCNCC3)ccn2)cc(C2CCC2)c1OC. The molecular formula is C30H34F3N3O3. The lowest BCUT2D eigenvalue weighted by atomic mass is 9.79. The average molecular weight is 542 g/mol. The van der Waals surface area contributed by atoms with Gasteiger partial charge in [-0.3, -0.25) is 4.98 Å². The number of aromatic nitrogens is 1. The largest absolute Gasteiger partial charge is 0.573 e. The number of pyridine rings is 1. The highest BCUT2D eigenvalue weighted by atomic mass is 19.4. The molecule has 1 aliphatic carbocycles. The van der Waals surface area contributed by atoms with E-state index >= 15 is 0 Å². The Labute approximate surface area is 227 Å². The molecule has 0 radical (unpaired) electrons. The molecule has 3 aromatic rings. The number of methoxy groups -OCH3 is 2. The highest BCUT2D eigenvalue weighted by Crippen LogP contribution is 2.46. The molecule has 0 amide bonds. The number of hydrogen-bond acceptors (Lipinski definition) is 6. The molecule has 0 bridgehead atoms. The number of ether oxygens (including phenoxy) is 3. The van der Waals surface area contributed by atoms with Crippen molar-refractivity contribution in [1.82, 2.24) is 10.3 Å². The quantitative estimate of drug-likeness (QED) is 0.326. The minimum absolute atomic E-state index is 0.224. The Morgan fingerprint density at radius 2 is 1.69 bits per heavy atom. The van der Waals surface area contributed by atoms with Crippen LogP contribution in [0.3, 0.4) is 0 Å². The Hall–Kier alpha value is -3.46. The topological polar surface area (TPSA) is 55.9 Å². The standard InChI is InChI=1S/C30H34F3N3O3/c1-37-28-18-22(17-26(29(28)38-2)21-4-3-5-21)27-16-20(10-15-35-27)19-36(24-11-13-34-14-12-24)23-6-8-25(9-7-23)39-30(31,32)33/h6-10,15-18,21,24,34H,3-5,11-14,19H2,1-2H3. The maximum absolute atomic E-state index is 12.7. The van der Waals surface area contributed by atoms with Crippen LogP contribution in [0, 0.1) is 0 Å². The molecule has 39 heavy (non-hydrogen) atoms. The van der Waals surface area contributed by atoms with Gasteiger partial charge < -0.3 is 24.4 Å². The first-order valence-corrected chi connectivity index (χ1v) is 13.4. The zero-order chi connectivity index (χ0) is 27.4. The number of halogens is 3. The van der Waals surface area contributed by atoms with Crippen molar-refractivity contribution in [3.63, 3.8) is 0 Å². The van der Waals surface area contributed by atoms with Crippen LogP contribution in [0.15, 0.2) is 54.7 Å². The first-order chi connectivity index (χ1) is 18.8. The van der Waals surface area contributed by atoms with E-state index in [2.05, 4.69) is 32.1 Å². The molecule has 1 N–H and O–H groups in total. The van der Waals surface area contributed by atoms with Gasteiger partial charge in [-0.1, -0.05) is 6.42 Å². The van der Waals surface area contributed by atoms with Gasteiger partial charge in [-0.2, -0.15) is 0 Å². The molecular weight excluding hydrogens is 507 g/mol. The fraction of sp³-hybridized carbons (Fsp3) is 0.433. The Kier molecular flexibility index (Phi) is 8.16. The summed E-state index contributed by atoms with van der Waals surface area (Å²) in [5.41, 5.74) is 4.89. The van der Waals surface area contributed by atoms with Crippen molar-refractivity contribution in [3.05, 3.63) is 65.9 Å². The summed E-state index contributed by atoms with van der Waals surface area (Å²) >= 11 is 0. The third-order valence-electron chi connectivity index (χ3n) is 7.68. The van der Waals surface area contributed by atoms with Gasteiger partial charge in [-0.15, -0.1) is 13.2 Å². The lowest BCUT2D eigenvalue weighted by Crippen LogP contribution is -2.43. The van der Waals surface area contributed by atoms with Gasteiger partial charge in [0.2, 0.25) is 0 Å². The molecule has 0 spiro atoms. The highest BCUT2D eigenvalue weighted by molar-refractivity contribution is 5.68. The number of alkyl halides is 3. The van der Waals surface area contributed by atoms with E-state index in [1.165, 1.54) is 18.6 Å². The van der Waals surface area contributed by atoms with Crippen molar-refractivity contribution in [3.8, 4) is 28.5 Å². The van der Waals surface area contributed by atoms with E-state index in [-0.39, 0.29) is 11.8 Å². The second-order valence-corrected chi connectivity index (χ2v) is 10.1. The molecule has 6 nitrogen and oxygen atoms in total. The Morgan fingerprint density at radius 1 is 0.949 bits per heavy atom. The van der Waals surface area contributed by atoms with E-state index in [4.69, 9.17) is 9.47 Å². The van der Waals surface area contributed by atoms with Crippen molar-refractivity contribution >= 4 is 5.69 Å². The second-order valence-electron chi connectivity index (χ2n) is 10.1. The summed E-state index contributed by atoms with van der Waals surface area (Å²) in [4.78, 5) is 6.94. The Balaban J connectivity index is 1.44. The summed E-state index contributed by atoms with van der Waals surface area (Å²) in [6.07, 6.45) is 2.46. The summed E-state index contributed by atoms with van der Waals surface area (Å²) in [7, 11) is 3.33. The highest BCUT2D eigenvalue weighted by Gasteiger charge is 2.31. The van der Waals surface area contributed by atoms with Crippen LogP contribution in [0.25, 0.3) is 11.3 Å². The van der Waals surface area contributed by atoms with Gasteiger partial charge in [-0.05, 0) is 98.8 Å². The summed E-state index contributed by atoms with van der Waals surface area (Å²) in [5, 5.41) is 3.39. The zero-order valence-electron chi connectivity index (χ0n) is 22.3. The number of benzene rings is 2. The van der Waals surface area contributed by atoms with Crippen LogP contribution in [0.5, 0.6) is 17.2 Å². The fourth-order valence-corrected chi connectivity index (χ4v) is 5.48. The van der Waals surface area contributed by atoms with Gasteiger partial charge in [-0.25, -0.2) is 0 Å². The molecule has 2 aromatic carbocycles. The summed E-state index contributed by atoms with van der Waals surface area (Å²) in [6.45, 7) is 2.39. The number of hydrogen-bond donors (Lipinski definition) is 1. The van der Waals surface area contributed by atoms with Gasteiger partial charge in [0.1, 0.15) is 5.75 Å². The third-order valence-corrected chi connectivity index (χ3v) is 7.68. The van der Waals surface area contributed by atoms with Crippen molar-refractivity contribution in [2.75, 3.05) is 32.2 Å². The van der Waals surface area contributed by atoms with Crippen LogP contribution in [-0.4, -0.2) is 44.7 Å². The number of rotatable bonds is 9. The lowest BCUT2D eigenvalue weighted by molar-refractivity contribution is -0.274. The monoisotopic (exact) mass is 541 g/mol. The van der Waals surface area contributed by atoms with Gasteiger partial charge in [0, 0.05) is 35.6 Å². The lowest BCUT2D eigenvalue weighted by Gasteiger charge is -2.36. The molecule has 0 atom stereocenters. The van der Waals surface area contributed by atoms with Crippen molar-refractivity contribution in [1.29, 1.82) is 0 Å². The van der Waals surface area contributed by atoms with E-state index in [0.717, 1.165) is 72.6 Å². The van der Waals surface area contributed by atoms with Crippen LogP contribution in [0.1, 0.15) is 49.1 Å². The molecule has 1 aromatic heterocycles. The molecule has 208 valence electrons. The van der Waals surface area contributed by atoms with Crippen LogP contribution in [0.2, 0.25) is 0 Å². The van der Waals surface area contributed by atoms with Gasteiger partial charge >= 0.3 is 6.36 Å². The van der Waals surface area contributed by atoms with Crippen molar-refractivity contribution in [2.24, 2.45) is 0 Å². The second kappa shape index (κ2) is 11.7. The molecule has 2 fully saturated rings. The summed E-state index contributed by atoms with van der Waals surface area (Å²) in [5.74, 6) is 1.72. The van der Waals surface area contributed by atoms with Crippen molar-refractivity contribution in [2.45, 2.75) is 57.0 Å². The van der Waals surface area contributed by atoms with Gasteiger partial charge in [0.15, 0.2) is 11.5 Å². The Bertz CT molecular complexity index is 1260. The average Bonchev–Trinajstić information content (AvgIpc) is 2.90. The zero-order valence-corrected chi connectivity index (χ0v) is 22.3. The fourth-order valence-electron chi connectivity index (χ4n) is 5.48. The van der Waals surface area contributed by atoms with Gasteiger partial charge in [0.05, 0.1) is 19.9 Å². The molecule has 5 rings (SSSR count). The first-order valence-electron chi connectivity index (χ1n) is 13.4. The summed E-state index contributed by atoms with van der Waals surface area (Å²) in [6, 6.07) is 14.6. The predicted octanol–water partition coefficient (Wildman–Crippen LogP) is 6.69. The molecule has 0 unspecified atom stereocenters. The van der Waals surface area contributed by atoms with Crippen LogP contribution < -0.4 is 24.4 Å². The molecule has 9 heteroatoms. The van der Waals surface area contributed by atoms with E-state index in [9.17, 15) is 13.2 Å². The normalized spacial score (nSPS) is 16.4. The van der Waals surface area contributed by atoms with Crippen LogP contribution in [0.4, 0.5) is 18.9 Å². The smallest absolute Gasteiger partial charge is 0.493 e. The van der Waals surface area contributed by atoms with Crippen LogP contribution in [-0.2, 0) is 6.54 Å². The minimum Gasteiger partial charge on any atom is -0.493 e. The number of nitrogens with zero attached hydrogens (tertiary/aromatic N) is 2. The minimum atomic E-state index is -4.72. The third kappa shape index (κ3) is 6.41. The van der Waals surface area contributed by atoms with Gasteiger partial charge in [0.25, 0.3) is 0 Å². The molecule has 1 saturated heterocycles. The van der Waals surface area contributed by atoms with Crippen LogP contribution >= 0.6 is 0 Å². The van der Waals surface area contributed by atoms with E-state index in [1.54, 1.807) is 26.4 Å². The first kappa shape index (κ1) is 27.1. The van der Waals surface area contributed by atoms with Crippen molar-refractivity contribution < 1.29 is 27.4 Å². The van der Waals surface area contributed by atoms with E-state index in [0.29, 0.717) is 18.2 Å². The predicted molar refractivity (Wildman–Crippen MR) is 145 cm³/mol. The molecule has 2 heterocycles. The number of nitrogens with one attached hydrogen (secondary N) is 1. The number of anilines is 1. The van der Waals surface area contributed by atoms with E-state index < -0.39 is 6.36 Å². The number of piperidine rings is 1.